The van der Waals surface area contributed by atoms with Gasteiger partial charge in [0.15, 0.2) is 0 Å². The smallest absolute Gasteiger partial charge is 0.0229 e. The highest BCUT2D eigenvalue weighted by molar-refractivity contribution is 5.05. The highest BCUT2D eigenvalue weighted by atomic mass is 14.5. The van der Waals surface area contributed by atoms with Gasteiger partial charge in [-0.3, -0.25) is 0 Å². The molecule has 0 spiro atoms. The van der Waals surface area contributed by atoms with Gasteiger partial charge < -0.3 is 0 Å². The molecule has 0 heteroatoms. The van der Waals surface area contributed by atoms with Gasteiger partial charge in [-0.2, -0.15) is 0 Å². The molecule has 0 aromatic heterocycles. The highest BCUT2D eigenvalue weighted by Crippen LogP contribution is 2.53. The van der Waals surface area contributed by atoms with Crippen molar-refractivity contribution < 1.29 is 0 Å². The monoisotopic (exact) mass is 306 g/mol. The van der Waals surface area contributed by atoms with Crippen LogP contribution < -0.4 is 0 Å². The van der Waals surface area contributed by atoms with Crippen molar-refractivity contribution in [3.8, 4) is 0 Å². The standard InChI is InChI=1S/C22H42/c1-9-11-16(4)17(5)12-10-13-21-20(8)22(21)14-18(6)19(7)15(2)3/h15-18,20-22H,7,9-14H2,1-6,8H3. The lowest BCUT2D eigenvalue weighted by Gasteiger charge is -2.19. The maximum atomic E-state index is 4.31. The molecular formula is C22H42. The molecule has 1 saturated carbocycles. The van der Waals surface area contributed by atoms with Gasteiger partial charge in [0, 0.05) is 0 Å². The van der Waals surface area contributed by atoms with Crippen molar-refractivity contribution in [2.75, 3.05) is 0 Å². The zero-order chi connectivity index (χ0) is 16.9. The largest absolute Gasteiger partial charge is 0.0993 e. The van der Waals surface area contributed by atoms with Crippen molar-refractivity contribution in [1.82, 2.24) is 0 Å². The van der Waals surface area contributed by atoms with E-state index in [2.05, 4.69) is 55.0 Å². The summed E-state index contributed by atoms with van der Waals surface area (Å²) in [6, 6.07) is 0. The second kappa shape index (κ2) is 9.14. The minimum Gasteiger partial charge on any atom is -0.0993 e. The lowest BCUT2D eigenvalue weighted by molar-refractivity contribution is 0.327. The predicted octanol–water partition coefficient (Wildman–Crippen LogP) is 7.35. The molecule has 0 aromatic rings. The van der Waals surface area contributed by atoms with Crippen molar-refractivity contribution in [1.29, 1.82) is 0 Å². The Morgan fingerprint density at radius 2 is 1.55 bits per heavy atom. The van der Waals surface area contributed by atoms with E-state index in [1.54, 1.807) is 0 Å². The van der Waals surface area contributed by atoms with Gasteiger partial charge >= 0.3 is 0 Å². The molecule has 0 radical (unpaired) electrons. The number of hydrogen-bond acceptors (Lipinski definition) is 0. The van der Waals surface area contributed by atoms with E-state index in [4.69, 9.17) is 0 Å². The van der Waals surface area contributed by atoms with Crippen LogP contribution in [0.4, 0.5) is 0 Å². The molecule has 0 aromatic carbocycles. The van der Waals surface area contributed by atoms with E-state index < -0.39 is 0 Å². The second-order valence-electron chi connectivity index (χ2n) is 8.73. The van der Waals surface area contributed by atoms with Crippen LogP contribution in [-0.4, -0.2) is 0 Å². The van der Waals surface area contributed by atoms with Gasteiger partial charge in [0.25, 0.3) is 0 Å². The third-order valence-electron chi connectivity index (χ3n) is 6.67. The van der Waals surface area contributed by atoms with Gasteiger partial charge in [0.05, 0.1) is 0 Å². The Morgan fingerprint density at radius 3 is 2.09 bits per heavy atom. The van der Waals surface area contributed by atoms with Gasteiger partial charge in [0.2, 0.25) is 0 Å². The molecule has 6 atom stereocenters. The molecular weight excluding hydrogens is 264 g/mol. The van der Waals surface area contributed by atoms with E-state index in [0.717, 1.165) is 29.6 Å². The fraction of sp³-hybridized carbons (Fsp3) is 0.909. The van der Waals surface area contributed by atoms with Gasteiger partial charge in [-0.05, 0) is 54.3 Å². The molecule has 0 amide bonds. The van der Waals surface area contributed by atoms with E-state index in [1.165, 1.54) is 44.1 Å². The van der Waals surface area contributed by atoms with Gasteiger partial charge in [0.1, 0.15) is 0 Å². The quantitative estimate of drug-likeness (QED) is 0.350. The zero-order valence-electron chi connectivity index (χ0n) is 16.5. The molecule has 1 fully saturated rings. The SMILES string of the molecule is C=C(C(C)C)C(C)CC1C(C)C1CCCC(C)C(C)CCC. The topological polar surface area (TPSA) is 0 Å². The Bertz CT molecular complexity index is 327. The number of allylic oxidation sites excluding steroid dienone is 1. The Hall–Kier alpha value is -0.260. The first-order chi connectivity index (χ1) is 10.3. The molecule has 0 aliphatic heterocycles. The number of rotatable bonds is 11. The second-order valence-corrected chi connectivity index (χ2v) is 8.73. The van der Waals surface area contributed by atoms with Crippen molar-refractivity contribution in [2.24, 2.45) is 41.4 Å². The van der Waals surface area contributed by atoms with Crippen LogP contribution in [0.25, 0.3) is 0 Å². The molecule has 6 unspecified atom stereocenters. The summed E-state index contributed by atoms with van der Waals surface area (Å²) in [5.41, 5.74) is 1.46. The van der Waals surface area contributed by atoms with Crippen molar-refractivity contribution in [2.45, 2.75) is 87.0 Å². The zero-order valence-corrected chi connectivity index (χ0v) is 16.5. The molecule has 0 heterocycles. The first kappa shape index (κ1) is 19.8. The molecule has 0 saturated heterocycles. The average molecular weight is 307 g/mol. The van der Waals surface area contributed by atoms with Crippen LogP contribution in [0.2, 0.25) is 0 Å². The van der Waals surface area contributed by atoms with Crippen LogP contribution >= 0.6 is 0 Å². The molecule has 1 aliphatic carbocycles. The van der Waals surface area contributed by atoms with Crippen LogP contribution in [0.5, 0.6) is 0 Å². The maximum Gasteiger partial charge on any atom is -0.0229 e. The lowest BCUT2D eigenvalue weighted by Crippen LogP contribution is -2.08. The fourth-order valence-electron chi connectivity index (χ4n) is 4.33. The summed E-state index contributed by atoms with van der Waals surface area (Å²) >= 11 is 0. The molecule has 0 bridgehead atoms. The molecule has 1 aliphatic rings. The summed E-state index contributed by atoms with van der Waals surface area (Å²) in [4.78, 5) is 0. The summed E-state index contributed by atoms with van der Waals surface area (Å²) in [6.07, 6.45) is 8.47. The Kier molecular flexibility index (Phi) is 8.22. The minimum absolute atomic E-state index is 0.642. The molecule has 22 heavy (non-hydrogen) atoms. The van der Waals surface area contributed by atoms with Crippen LogP contribution in [0, 0.1) is 41.4 Å². The minimum atomic E-state index is 0.642. The van der Waals surface area contributed by atoms with Crippen molar-refractivity contribution in [3.05, 3.63) is 12.2 Å². The summed E-state index contributed by atoms with van der Waals surface area (Å²) in [6.45, 7) is 20.9. The average Bonchev–Trinajstić information content (AvgIpc) is 3.06. The lowest BCUT2D eigenvalue weighted by atomic mass is 9.87. The fourth-order valence-corrected chi connectivity index (χ4v) is 4.33. The third kappa shape index (κ3) is 5.74. The Morgan fingerprint density at radius 1 is 0.955 bits per heavy atom. The van der Waals surface area contributed by atoms with Gasteiger partial charge in [-0.1, -0.05) is 86.3 Å². The summed E-state index contributed by atoms with van der Waals surface area (Å²) in [5.74, 6) is 6.12. The Balaban J connectivity index is 2.24. The summed E-state index contributed by atoms with van der Waals surface area (Å²) < 4.78 is 0. The van der Waals surface area contributed by atoms with Crippen LogP contribution in [-0.2, 0) is 0 Å². The van der Waals surface area contributed by atoms with E-state index in [1.807, 2.05) is 0 Å². The van der Waals surface area contributed by atoms with Gasteiger partial charge in [-0.25, -0.2) is 0 Å². The van der Waals surface area contributed by atoms with E-state index in [9.17, 15) is 0 Å². The normalized spacial score (nSPS) is 28.5. The van der Waals surface area contributed by atoms with Gasteiger partial charge in [-0.15, -0.1) is 0 Å². The van der Waals surface area contributed by atoms with Crippen LogP contribution in [0.3, 0.4) is 0 Å². The van der Waals surface area contributed by atoms with Crippen LogP contribution in [0.1, 0.15) is 87.0 Å². The van der Waals surface area contributed by atoms with E-state index in [-0.39, 0.29) is 0 Å². The summed E-state index contributed by atoms with van der Waals surface area (Å²) in [7, 11) is 0. The molecule has 130 valence electrons. The third-order valence-corrected chi connectivity index (χ3v) is 6.67. The maximum absolute atomic E-state index is 4.31. The predicted molar refractivity (Wildman–Crippen MR) is 101 cm³/mol. The van der Waals surface area contributed by atoms with Crippen LogP contribution in [0.15, 0.2) is 12.2 Å². The molecule has 0 nitrogen and oxygen atoms in total. The molecule has 1 rings (SSSR count). The molecule has 0 N–H and O–H groups in total. The first-order valence-electron chi connectivity index (χ1n) is 9.98. The number of hydrogen-bond donors (Lipinski definition) is 0. The van der Waals surface area contributed by atoms with Crippen molar-refractivity contribution >= 4 is 0 Å². The highest BCUT2D eigenvalue weighted by Gasteiger charge is 2.45. The Labute approximate surface area is 141 Å². The summed E-state index contributed by atoms with van der Waals surface area (Å²) in [5, 5.41) is 0. The van der Waals surface area contributed by atoms with E-state index in [0.29, 0.717) is 11.8 Å². The van der Waals surface area contributed by atoms with Crippen molar-refractivity contribution in [3.63, 3.8) is 0 Å². The van der Waals surface area contributed by atoms with E-state index >= 15 is 0 Å². The first-order valence-corrected chi connectivity index (χ1v) is 9.98.